The number of nitrogens with two attached hydrogens (primary N) is 1. The van der Waals surface area contributed by atoms with Crippen LogP contribution in [0.1, 0.15) is 18.4 Å². The van der Waals surface area contributed by atoms with Gasteiger partial charge in [0.1, 0.15) is 17.0 Å². The third-order valence-electron chi connectivity index (χ3n) is 7.61. The molecule has 1 saturated carbocycles. The van der Waals surface area contributed by atoms with Crippen molar-refractivity contribution in [3.05, 3.63) is 96.3 Å². The number of nitrogens with zero attached hydrogens (tertiary/aromatic N) is 3. The first-order chi connectivity index (χ1) is 21.8. The van der Waals surface area contributed by atoms with E-state index in [-0.39, 0.29) is 30.0 Å². The highest BCUT2D eigenvalue weighted by molar-refractivity contribution is 7.22. The van der Waals surface area contributed by atoms with Crippen LogP contribution >= 0.6 is 11.3 Å². The summed E-state index contributed by atoms with van der Waals surface area (Å²) in [5.74, 6) is -2.28. The molecule has 1 aliphatic carbocycles. The van der Waals surface area contributed by atoms with Crippen molar-refractivity contribution in [2.75, 3.05) is 25.2 Å². The van der Waals surface area contributed by atoms with Gasteiger partial charge >= 0.3 is 0 Å². The summed E-state index contributed by atoms with van der Waals surface area (Å²) in [5, 5.41) is 3.34. The highest BCUT2D eigenvalue weighted by Gasteiger charge is 2.57. The molecule has 0 saturated heterocycles. The van der Waals surface area contributed by atoms with Crippen LogP contribution in [-0.2, 0) is 20.9 Å². The quantitative estimate of drug-likeness (QED) is 0.127. The largest absolute Gasteiger partial charge is 0.453 e. The number of aromatic nitrogens is 2. The number of primary amides is 1. The summed E-state index contributed by atoms with van der Waals surface area (Å²) in [6.45, 7) is 1.89. The summed E-state index contributed by atoms with van der Waals surface area (Å²) in [7, 11) is 1.65. The number of rotatable bonds is 12. The van der Waals surface area contributed by atoms with E-state index in [0.29, 0.717) is 35.7 Å². The predicted octanol–water partition coefficient (Wildman–Crippen LogP) is 6.10. The first kappa shape index (κ1) is 30.3. The molecule has 0 aliphatic heterocycles. The van der Waals surface area contributed by atoms with E-state index < -0.39 is 28.9 Å². The molecule has 0 spiro atoms. The van der Waals surface area contributed by atoms with Gasteiger partial charge in [0.05, 0.1) is 33.1 Å². The highest BCUT2D eigenvalue weighted by Crippen LogP contribution is 2.49. The number of hydrogen-bond donors (Lipinski definition) is 2. The number of thiophene rings is 1. The summed E-state index contributed by atoms with van der Waals surface area (Å²) >= 11 is 1.43. The molecule has 3 aromatic heterocycles. The van der Waals surface area contributed by atoms with Gasteiger partial charge in [-0.3, -0.25) is 24.5 Å². The van der Waals surface area contributed by atoms with E-state index >= 15 is 4.39 Å². The molecule has 9 nitrogen and oxygen atoms in total. The summed E-state index contributed by atoms with van der Waals surface area (Å²) in [6.07, 6.45) is 3.88. The maximum atomic E-state index is 15.7. The number of fused-ring (bicyclic) bond motifs is 1. The van der Waals surface area contributed by atoms with Crippen molar-refractivity contribution < 1.29 is 27.8 Å². The second-order valence-electron chi connectivity index (χ2n) is 10.6. The average molecular weight is 630 g/mol. The summed E-state index contributed by atoms with van der Waals surface area (Å²) in [5.41, 5.74) is 7.08. The van der Waals surface area contributed by atoms with Gasteiger partial charge in [0.2, 0.25) is 11.8 Å². The number of carbonyl (C=O) groups is 2. The molecule has 0 radical (unpaired) electrons. The number of hydrogen-bond acceptors (Lipinski definition) is 8. The molecule has 2 aromatic carbocycles. The van der Waals surface area contributed by atoms with Crippen LogP contribution in [0, 0.1) is 17.0 Å². The van der Waals surface area contributed by atoms with E-state index in [1.807, 2.05) is 18.2 Å². The average Bonchev–Trinajstić information content (AvgIpc) is 3.75. The predicted molar refractivity (Wildman–Crippen MR) is 167 cm³/mol. The lowest BCUT2D eigenvalue weighted by Gasteiger charge is -2.26. The van der Waals surface area contributed by atoms with E-state index in [1.165, 1.54) is 52.6 Å². The van der Waals surface area contributed by atoms with Crippen molar-refractivity contribution in [3.63, 3.8) is 0 Å². The van der Waals surface area contributed by atoms with Crippen molar-refractivity contribution in [3.8, 4) is 22.1 Å². The van der Waals surface area contributed by atoms with Gasteiger partial charge in [-0.1, -0.05) is 6.07 Å². The Kier molecular flexibility index (Phi) is 8.52. The smallest absolute Gasteiger partial charge is 0.247 e. The molecule has 45 heavy (non-hydrogen) atoms. The van der Waals surface area contributed by atoms with Crippen molar-refractivity contribution in [2.24, 2.45) is 11.1 Å². The summed E-state index contributed by atoms with van der Waals surface area (Å²) in [4.78, 5) is 36.9. The molecule has 0 bridgehead atoms. The van der Waals surface area contributed by atoms with Crippen molar-refractivity contribution in [2.45, 2.75) is 19.4 Å². The van der Waals surface area contributed by atoms with Crippen molar-refractivity contribution in [1.82, 2.24) is 15.3 Å². The van der Waals surface area contributed by atoms with Gasteiger partial charge in [-0.05, 0) is 66.9 Å². The van der Waals surface area contributed by atoms with E-state index in [2.05, 4.69) is 15.3 Å². The number of amides is 2. The van der Waals surface area contributed by atoms with Gasteiger partial charge in [-0.15, -0.1) is 11.3 Å². The number of methoxy groups -OCH3 is 1. The Morgan fingerprint density at radius 2 is 1.78 bits per heavy atom. The number of nitrogens with one attached hydrogen (secondary N) is 1. The molecule has 0 unspecified atom stereocenters. The molecule has 1 aliphatic rings. The monoisotopic (exact) mass is 629 g/mol. The first-order valence-corrected chi connectivity index (χ1v) is 15.0. The maximum absolute atomic E-state index is 15.7. The molecule has 6 rings (SSSR count). The molecule has 5 aromatic rings. The number of halogens is 2. The SMILES string of the molecule is COCCNCc1cccnc1-c1cc2nccc(Oc3ccc(N(C(=O)C4(C(N)=O)CC4)c4ccc(F)cc4)cc3F)c2s1. The van der Waals surface area contributed by atoms with Crippen LogP contribution in [0.4, 0.5) is 20.2 Å². The van der Waals surface area contributed by atoms with E-state index in [4.69, 9.17) is 15.2 Å². The van der Waals surface area contributed by atoms with Crippen LogP contribution in [0.15, 0.2) is 79.1 Å². The number of ether oxygens (including phenoxy) is 2. The van der Waals surface area contributed by atoms with Crippen LogP contribution in [0.2, 0.25) is 0 Å². The topological polar surface area (TPSA) is 120 Å². The van der Waals surface area contributed by atoms with E-state index in [9.17, 15) is 14.0 Å². The second-order valence-corrected chi connectivity index (χ2v) is 11.6. The molecule has 3 heterocycles. The van der Waals surface area contributed by atoms with Crippen LogP contribution in [0.25, 0.3) is 20.8 Å². The van der Waals surface area contributed by atoms with Gasteiger partial charge in [-0.2, -0.15) is 0 Å². The molecular formula is C33H29F2N5O4S. The Balaban J connectivity index is 1.30. The van der Waals surface area contributed by atoms with Crippen LogP contribution in [0.3, 0.4) is 0 Å². The minimum atomic E-state index is -1.38. The Morgan fingerprint density at radius 1 is 1.00 bits per heavy atom. The molecular weight excluding hydrogens is 600 g/mol. The van der Waals surface area contributed by atoms with Crippen LogP contribution in [0.5, 0.6) is 11.5 Å². The van der Waals surface area contributed by atoms with Crippen molar-refractivity contribution in [1.29, 1.82) is 0 Å². The first-order valence-electron chi connectivity index (χ1n) is 14.2. The minimum Gasteiger partial charge on any atom is -0.453 e. The highest BCUT2D eigenvalue weighted by atomic mass is 32.1. The third-order valence-corrected chi connectivity index (χ3v) is 8.76. The van der Waals surface area contributed by atoms with Crippen LogP contribution in [-0.4, -0.2) is 42.0 Å². The lowest BCUT2D eigenvalue weighted by atomic mass is 10.0. The molecule has 0 atom stereocenters. The molecule has 2 amide bonds. The lowest BCUT2D eigenvalue weighted by molar-refractivity contribution is -0.133. The normalized spacial score (nSPS) is 13.5. The summed E-state index contributed by atoms with van der Waals surface area (Å²) in [6, 6.07) is 16.7. The zero-order chi connectivity index (χ0) is 31.6. The van der Waals surface area contributed by atoms with Crippen LogP contribution < -0.4 is 20.7 Å². The zero-order valence-electron chi connectivity index (χ0n) is 24.3. The standard InChI is InChI=1S/C33H29F2N5O4S/c1-43-16-15-37-19-20-3-2-13-39-29(20)28-18-25-30(45-28)27(10-14-38-25)44-26-9-8-23(17-24(26)35)40(22-6-4-21(34)5-7-22)32(42)33(11-12-33)31(36)41/h2-10,13-14,17-18,37H,11-12,15-16,19H2,1H3,(H2,36,41). The van der Waals surface area contributed by atoms with Gasteiger partial charge in [-0.25, -0.2) is 8.78 Å². The number of anilines is 2. The molecule has 12 heteroatoms. The molecule has 1 fully saturated rings. The van der Waals surface area contributed by atoms with E-state index in [1.54, 1.807) is 25.6 Å². The Labute approximate surface area is 261 Å². The number of pyridine rings is 2. The fraction of sp³-hybridized carbons (Fsp3) is 0.212. The van der Waals surface area contributed by atoms with Gasteiger partial charge in [0, 0.05) is 50.4 Å². The molecule has 230 valence electrons. The molecule has 3 N–H and O–H groups in total. The van der Waals surface area contributed by atoms with Gasteiger partial charge in [0.15, 0.2) is 11.6 Å². The fourth-order valence-corrected chi connectivity index (χ4v) is 6.12. The number of benzene rings is 2. The van der Waals surface area contributed by atoms with E-state index in [0.717, 1.165) is 22.2 Å². The van der Waals surface area contributed by atoms with Crippen molar-refractivity contribution >= 4 is 44.7 Å². The maximum Gasteiger partial charge on any atom is 0.247 e. The zero-order valence-corrected chi connectivity index (χ0v) is 25.1. The third kappa shape index (κ3) is 6.12. The minimum absolute atomic E-state index is 0.0791. The van der Waals surface area contributed by atoms with Gasteiger partial charge < -0.3 is 20.5 Å². The summed E-state index contributed by atoms with van der Waals surface area (Å²) < 4.78 is 41.2. The number of carbonyl (C=O) groups excluding carboxylic acids is 2. The Morgan fingerprint density at radius 3 is 2.49 bits per heavy atom. The Bertz CT molecular complexity index is 1880. The Hall–Kier alpha value is -4.78. The fourth-order valence-electron chi connectivity index (χ4n) is 5.02. The lowest BCUT2D eigenvalue weighted by Crippen LogP contribution is -2.41. The second kappa shape index (κ2) is 12.7. The van der Waals surface area contributed by atoms with Gasteiger partial charge in [0.25, 0.3) is 0 Å².